The van der Waals surface area contributed by atoms with E-state index in [1.807, 2.05) is 0 Å². The van der Waals surface area contributed by atoms with Gasteiger partial charge in [0.25, 0.3) is 0 Å². The molecule has 1 aliphatic rings. The minimum atomic E-state index is -0.132. The van der Waals surface area contributed by atoms with Crippen molar-refractivity contribution in [3.05, 3.63) is 35.9 Å². The average Bonchev–Trinajstić information content (AvgIpc) is 2.38. The molecule has 0 heterocycles. The van der Waals surface area contributed by atoms with Gasteiger partial charge in [-0.25, -0.2) is 0 Å². The molecular weight excluding hydrogens is 210 g/mol. The monoisotopic (exact) mass is 233 g/mol. The van der Waals surface area contributed by atoms with Crippen LogP contribution in [0.15, 0.2) is 30.3 Å². The Hall–Kier alpha value is -0.860. The summed E-state index contributed by atoms with van der Waals surface area (Å²) in [6.07, 6.45) is 4.41. The van der Waals surface area contributed by atoms with E-state index in [1.165, 1.54) is 18.4 Å². The summed E-state index contributed by atoms with van der Waals surface area (Å²) >= 11 is 0. The first-order chi connectivity index (χ1) is 8.31. The lowest BCUT2D eigenvalue weighted by Crippen LogP contribution is -2.44. The van der Waals surface area contributed by atoms with E-state index < -0.39 is 0 Å². The van der Waals surface area contributed by atoms with Crippen LogP contribution in [-0.4, -0.2) is 28.7 Å². The third kappa shape index (κ3) is 3.30. The van der Waals surface area contributed by atoms with Crippen LogP contribution in [-0.2, 0) is 6.54 Å². The summed E-state index contributed by atoms with van der Waals surface area (Å²) in [5.41, 5.74) is 1.34. The summed E-state index contributed by atoms with van der Waals surface area (Å²) in [7, 11) is 0. The van der Waals surface area contributed by atoms with Crippen LogP contribution < -0.4 is 0 Å². The van der Waals surface area contributed by atoms with Gasteiger partial charge in [0.15, 0.2) is 0 Å². The van der Waals surface area contributed by atoms with E-state index in [9.17, 15) is 5.11 Å². The smallest absolute Gasteiger partial charge is 0.0695 e. The number of aliphatic hydroxyl groups is 1. The van der Waals surface area contributed by atoms with Crippen molar-refractivity contribution in [3.63, 3.8) is 0 Å². The van der Waals surface area contributed by atoms with E-state index in [-0.39, 0.29) is 6.10 Å². The molecule has 1 aromatic rings. The summed E-state index contributed by atoms with van der Waals surface area (Å²) < 4.78 is 0. The van der Waals surface area contributed by atoms with Crippen LogP contribution in [0.5, 0.6) is 0 Å². The molecule has 2 heteroatoms. The molecule has 0 saturated heterocycles. The van der Waals surface area contributed by atoms with Crippen LogP contribution in [0.4, 0.5) is 0 Å². The van der Waals surface area contributed by atoms with Gasteiger partial charge in [-0.3, -0.25) is 4.90 Å². The molecule has 1 aromatic carbocycles. The van der Waals surface area contributed by atoms with Crippen LogP contribution in [0.25, 0.3) is 0 Å². The molecule has 0 spiro atoms. The Morgan fingerprint density at radius 2 is 1.88 bits per heavy atom. The highest BCUT2D eigenvalue weighted by Gasteiger charge is 2.27. The van der Waals surface area contributed by atoms with Gasteiger partial charge in [-0.15, -0.1) is 0 Å². The number of hydrogen-bond acceptors (Lipinski definition) is 2. The normalized spacial score (nSPS) is 25.1. The number of aliphatic hydroxyl groups excluding tert-OH is 1. The zero-order chi connectivity index (χ0) is 12.1. The molecule has 2 unspecified atom stereocenters. The molecule has 2 rings (SSSR count). The van der Waals surface area contributed by atoms with Gasteiger partial charge in [-0.1, -0.05) is 50.1 Å². The molecule has 0 amide bonds. The fourth-order valence-corrected chi connectivity index (χ4v) is 2.80. The maximum Gasteiger partial charge on any atom is 0.0695 e. The van der Waals surface area contributed by atoms with Crippen molar-refractivity contribution >= 4 is 0 Å². The van der Waals surface area contributed by atoms with Gasteiger partial charge in [0, 0.05) is 12.6 Å². The van der Waals surface area contributed by atoms with Gasteiger partial charge in [0.05, 0.1) is 6.10 Å². The fraction of sp³-hybridized carbons (Fsp3) is 0.600. The highest BCUT2D eigenvalue weighted by molar-refractivity contribution is 5.14. The van der Waals surface area contributed by atoms with Gasteiger partial charge in [-0.05, 0) is 24.9 Å². The second kappa shape index (κ2) is 6.18. The number of rotatable bonds is 4. The minimum Gasteiger partial charge on any atom is -0.391 e. The number of hydrogen-bond donors (Lipinski definition) is 1. The average molecular weight is 233 g/mol. The number of likely N-dealkylation sites (N-methyl/N-ethyl adjacent to an activating group) is 1. The SMILES string of the molecule is CCN(Cc1ccccc1)C1CCCCC1O. The molecule has 2 nitrogen and oxygen atoms in total. The van der Waals surface area contributed by atoms with E-state index in [0.29, 0.717) is 6.04 Å². The molecule has 94 valence electrons. The summed E-state index contributed by atoms with van der Waals surface area (Å²) in [6, 6.07) is 10.9. The van der Waals surface area contributed by atoms with Crippen LogP contribution in [0.3, 0.4) is 0 Å². The second-order valence-corrected chi connectivity index (χ2v) is 4.97. The zero-order valence-electron chi connectivity index (χ0n) is 10.7. The highest BCUT2D eigenvalue weighted by atomic mass is 16.3. The predicted molar refractivity (Wildman–Crippen MR) is 70.8 cm³/mol. The van der Waals surface area contributed by atoms with Crippen LogP contribution in [0, 0.1) is 0 Å². The minimum absolute atomic E-state index is 0.132. The van der Waals surface area contributed by atoms with E-state index in [0.717, 1.165) is 25.9 Å². The third-order valence-electron chi connectivity index (χ3n) is 3.80. The molecule has 1 N–H and O–H groups in total. The lowest BCUT2D eigenvalue weighted by Gasteiger charge is -2.37. The molecular formula is C15H23NO. The Morgan fingerprint density at radius 3 is 2.53 bits per heavy atom. The Kier molecular flexibility index (Phi) is 4.57. The first-order valence-corrected chi connectivity index (χ1v) is 6.77. The quantitative estimate of drug-likeness (QED) is 0.864. The number of benzene rings is 1. The summed E-state index contributed by atoms with van der Waals surface area (Å²) in [5.74, 6) is 0. The molecule has 0 bridgehead atoms. The maximum atomic E-state index is 10.1. The fourth-order valence-electron chi connectivity index (χ4n) is 2.80. The van der Waals surface area contributed by atoms with E-state index in [2.05, 4.69) is 42.2 Å². The third-order valence-corrected chi connectivity index (χ3v) is 3.80. The van der Waals surface area contributed by atoms with Gasteiger partial charge in [0.2, 0.25) is 0 Å². The molecule has 0 aromatic heterocycles. The highest BCUT2D eigenvalue weighted by Crippen LogP contribution is 2.24. The Balaban J connectivity index is 2.00. The molecule has 1 aliphatic carbocycles. The van der Waals surface area contributed by atoms with Crippen molar-refractivity contribution < 1.29 is 5.11 Å². The van der Waals surface area contributed by atoms with E-state index in [4.69, 9.17) is 0 Å². The van der Waals surface area contributed by atoms with Crippen molar-refractivity contribution in [3.8, 4) is 0 Å². The van der Waals surface area contributed by atoms with Gasteiger partial charge >= 0.3 is 0 Å². The molecule has 1 fully saturated rings. The standard InChI is InChI=1S/C15H23NO/c1-2-16(12-13-8-4-3-5-9-13)14-10-6-7-11-15(14)17/h3-5,8-9,14-15,17H,2,6-7,10-12H2,1H3. The zero-order valence-corrected chi connectivity index (χ0v) is 10.7. The van der Waals surface area contributed by atoms with Crippen LogP contribution >= 0.6 is 0 Å². The topological polar surface area (TPSA) is 23.5 Å². The van der Waals surface area contributed by atoms with Crippen molar-refractivity contribution in [1.82, 2.24) is 4.90 Å². The summed E-state index contributed by atoms with van der Waals surface area (Å²) in [5, 5.41) is 10.1. The van der Waals surface area contributed by atoms with E-state index >= 15 is 0 Å². The first kappa shape index (κ1) is 12.6. The molecule has 2 atom stereocenters. The summed E-state index contributed by atoms with van der Waals surface area (Å²) in [4.78, 5) is 2.42. The predicted octanol–water partition coefficient (Wildman–Crippen LogP) is 2.81. The lowest BCUT2D eigenvalue weighted by atomic mass is 9.91. The van der Waals surface area contributed by atoms with Crippen molar-refractivity contribution in [2.24, 2.45) is 0 Å². The van der Waals surface area contributed by atoms with Gasteiger partial charge in [-0.2, -0.15) is 0 Å². The van der Waals surface area contributed by atoms with Crippen molar-refractivity contribution in [1.29, 1.82) is 0 Å². The Morgan fingerprint density at radius 1 is 1.18 bits per heavy atom. The van der Waals surface area contributed by atoms with Gasteiger partial charge in [0.1, 0.15) is 0 Å². The first-order valence-electron chi connectivity index (χ1n) is 6.77. The van der Waals surface area contributed by atoms with E-state index in [1.54, 1.807) is 0 Å². The molecule has 1 saturated carbocycles. The van der Waals surface area contributed by atoms with Crippen molar-refractivity contribution in [2.75, 3.05) is 6.54 Å². The van der Waals surface area contributed by atoms with Crippen LogP contribution in [0.1, 0.15) is 38.2 Å². The Labute approximate surface area is 104 Å². The van der Waals surface area contributed by atoms with Crippen LogP contribution in [0.2, 0.25) is 0 Å². The largest absolute Gasteiger partial charge is 0.391 e. The Bertz CT molecular complexity index is 325. The molecule has 0 aliphatic heterocycles. The summed E-state index contributed by atoms with van der Waals surface area (Å²) in [6.45, 7) is 4.15. The van der Waals surface area contributed by atoms with Gasteiger partial charge < -0.3 is 5.11 Å². The number of nitrogens with zero attached hydrogens (tertiary/aromatic N) is 1. The van der Waals surface area contributed by atoms with Crippen molar-refractivity contribution in [2.45, 2.75) is 51.3 Å². The maximum absolute atomic E-state index is 10.1. The second-order valence-electron chi connectivity index (χ2n) is 4.97. The molecule has 17 heavy (non-hydrogen) atoms. The lowest BCUT2D eigenvalue weighted by molar-refractivity contribution is 0.0182. The molecule has 0 radical (unpaired) electrons.